The first-order valence-electron chi connectivity index (χ1n) is 7.50. The zero-order chi connectivity index (χ0) is 14.0. The summed E-state index contributed by atoms with van der Waals surface area (Å²) in [7, 11) is 0. The van der Waals surface area contributed by atoms with E-state index >= 15 is 0 Å². The molecule has 0 nitrogen and oxygen atoms in total. The van der Waals surface area contributed by atoms with Gasteiger partial charge in [-0.2, -0.15) is 0 Å². The van der Waals surface area contributed by atoms with Crippen molar-refractivity contribution in [1.82, 2.24) is 0 Å². The molecule has 102 valence electrons. The summed E-state index contributed by atoms with van der Waals surface area (Å²) < 4.78 is 0. The van der Waals surface area contributed by atoms with Gasteiger partial charge in [0, 0.05) is 0 Å². The Labute approximate surface area is 117 Å². The lowest BCUT2D eigenvalue weighted by atomic mass is 9.88. The molecule has 0 saturated carbocycles. The minimum Gasteiger partial charge on any atom is -0.0625 e. The van der Waals surface area contributed by atoms with Crippen LogP contribution in [0.4, 0.5) is 0 Å². The summed E-state index contributed by atoms with van der Waals surface area (Å²) in [4.78, 5) is 0. The third kappa shape index (κ3) is 3.18. The summed E-state index contributed by atoms with van der Waals surface area (Å²) in [6, 6.07) is 13.7. The summed E-state index contributed by atoms with van der Waals surface area (Å²) in [5.74, 6) is 2.07. The van der Waals surface area contributed by atoms with Crippen LogP contribution in [0, 0.1) is 11.8 Å². The van der Waals surface area contributed by atoms with Gasteiger partial charge < -0.3 is 0 Å². The molecule has 2 rings (SSSR count). The molecule has 0 heterocycles. The van der Waals surface area contributed by atoms with Crippen molar-refractivity contribution in [2.24, 2.45) is 11.8 Å². The summed E-state index contributed by atoms with van der Waals surface area (Å²) in [5, 5.41) is 2.82. The largest absolute Gasteiger partial charge is 0.0625 e. The molecule has 0 amide bonds. The number of fused-ring (bicyclic) bond motifs is 1. The van der Waals surface area contributed by atoms with Gasteiger partial charge in [0.2, 0.25) is 0 Å². The molecule has 0 aliphatic carbocycles. The summed E-state index contributed by atoms with van der Waals surface area (Å²) in [6.07, 6.45) is 1.18. The van der Waals surface area contributed by atoms with Crippen LogP contribution in [0.3, 0.4) is 0 Å². The molecule has 0 aliphatic heterocycles. The van der Waals surface area contributed by atoms with Crippen LogP contribution in [0.25, 0.3) is 10.8 Å². The highest BCUT2D eigenvalue weighted by Gasteiger charge is 2.10. The Balaban J connectivity index is 2.40. The molecule has 0 heteroatoms. The molecule has 19 heavy (non-hydrogen) atoms. The van der Waals surface area contributed by atoms with E-state index in [2.05, 4.69) is 71.0 Å². The molecule has 0 bridgehead atoms. The fraction of sp³-hybridized carbons (Fsp3) is 0.474. The summed E-state index contributed by atoms with van der Waals surface area (Å²) >= 11 is 0. The van der Waals surface area contributed by atoms with Crippen LogP contribution >= 0.6 is 0 Å². The lowest BCUT2D eigenvalue weighted by molar-refractivity contribution is 0.418. The molecule has 0 spiro atoms. The Morgan fingerprint density at radius 3 is 2.26 bits per heavy atom. The van der Waals surface area contributed by atoms with Crippen LogP contribution in [-0.2, 0) is 6.42 Å². The average molecular weight is 254 g/mol. The number of rotatable bonds is 4. The molecule has 2 aromatic rings. The third-order valence-electron chi connectivity index (χ3n) is 4.34. The van der Waals surface area contributed by atoms with Crippen molar-refractivity contribution in [2.45, 2.75) is 47.0 Å². The predicted molar refractivity (Wildman–Crippen MR) is 85.7 cm³/mol. The maximum Gasteiger partial charge on any atom is -0.0152 e. The van der Waals surface area contributed by atoms with Crippen LogP contribution < -0.4 is 0 Å². The lowest BCUT2D eigenvalue weighted by Gasteiger charge is -2.17. The van der Waals surface area contributed by atoms with E-state index in [0.29, 0.717) is 5.92 Å². The lowest BCUT2D eigenvalue weighted by Crippen LogP contribution is -2.07. The Hall–Kier alpha value is -1.30. The molecule has 0 saturated heterocycles. The molecule has 2 aromatic carbocycles. The van der Waals surface area contributed by atoms with Crippen molar-refractivity contribution in [3.05, 3.63) is 47.5 Å². The second-order valence-corrected chi connectivity index (χ2v) is 6.48. The Bertz CT molecular complexity index is 549. The van der Waals surface area contributed by atoms with Crippen molar-refractivity contribution in [2.75, 3.05) is 0 Å². The van der Waals surface area contributed by atoms with Gasteiger partial charge in [-0.1, -0.05) is 71.0 Å². The second kappa shape index (κ2) is 5.77. The van der Waals surface area contributed by atoms with E-state index in [4.69, 9.17) is 0 Å². The van der Waals surface area contributed by atoms with Gasteiger partial charge >= 0.3 is 0 Å². The topological polar surface area (TPSA) is 0 Å². The van der Waals surface area contributed by atoms with Crippen molar-refractivity contribution in [1.29, 1.82) is 0 Å². The Morgan fingerprint density at radius 1 is 0.895 bits per heavy atom. The molecule has 0 radical (unpaired) electrons. The monoisotopic (exact) mass is 254 g/mol. The highest BCUT2D eigenvalue weighted by molar-refractivity contribution is 5.86. The van der Waals surface area contributed by atoms with E-state index in [1.54, 1.807) is 0 Å². The molecule has 0 aromatic heterocycles. The smallest absolute Gasteiger partial charge is 0.0152 e. The van der Waals surface area contributed by atoms with E-state index < -0.39 is 0 Å². The molecule has 1 unspecified atom stereocenters. The maximum absolute atomic E-state index is 2.35. The van der Waals surface area contributed by atoms with Crippen LogP contribution in [-0.4, -0.2) is 0 Å². The number of hydrogen-bond donors (Lipinski definition) is 0. The highest BCUT2D eigenvalue weighted by atomic mass is 14.2. The van der Waals surface area contributed by atoms with Gasteiger partial charge in [-0.25, -0.2) is 0 Å². The van der Waals surface area contributed by atoms with Gasteiger partial charge in [-0.3, -0.25) is 0 Å². The standard InChI is InChI=1S/C19H26/c1-13(2)15(5)11-17-7-6-8-18-12-16(14(3)4)9-10-19(17)18/h6-10,12-15H,11H2,1-5H3. The van der Waals surface area contributed by atoms with Crippen molar-refractivity contribution in [3.8, 4) is 0 Å². The zero-order valence-electron chi connectivity index (χ0n) is 12.9. The van der Waals surface area contributed by atoms with Crippen molar-refractivity contribution < 1.29 is 0 Å². The Morgan fingerprint density at radius 2 is 1.63 bits per heavy atom. The summed E-state index contributed by atoms with van der Waals surface area (Å²) in [6.45, 7) is 11.5. The SMILES string of the molecule is CC(C)c1ccc2c(CC(C)C(C)C)cccc2c1. The molecule has 0 fully saturated rings. The van der Waals surface area contributed by atoms with Gasteiger partial charge in [0.15, 0.2) is 0 Å². The predicted octanol–water partition coefficient (Wildman–Crippen LogP) is 5.80. The molecule has 1 atom stereocenters. The van der Waals surface area contributed by atoms with E-state index in [0.717, 1.165) is 11.8 Å². The van der Waals surface area contributed by atoms with E-state index in [1.807, 2.05) is 0 Å². The van der Waals surface area contributed by atoms with Crippen molar-refractivity contribution >= 4 is 10.8 Å². The zero-order valence-corrected chi connectivity index (χ0v) is 12.9. The first-order valence-corrected chi connectivity index (χ1v) is 7.50. The number of benzene rings is 2. The van der Waals surface area contributed by atoms with Gasteiger partial charge in [-0.15, -0.1) is 0 Å². The molecular weight excluding hydrogens is 228 g/mol. The Kier molecular flexibility index (Phi) is 4.29. The normalized spacial score (nSPS) is 13.4. The molecule has 0 aliphatic rings. The maximum atomic E-state index is 2.35. The molecular formula is C19H26. The van der Waals surface area contributed by atoms with Crippen LogP contribution in [0.2, 0.25) is 0 Å². The van der Waals surface area contributed by atoms with Gasteiger partial charge in [0.1, 0.15) is 0 Å². The van der Waals surface area contributed by atoms with Crippen LogP contribution in [0.15, 0.2) is 36.4 Å². The minimum atomic E-state index is 0.600. The first-order chi connectivity index (χ1) is 8.99. The van der Waals surface area contributed by atoms with Crippen molar-refractivity contribution in [3.63, 3.8) is 0 Å². The quantitative estimate of drug-likeness (QED) is 0.647. The van der Waals surface area contributed by atoms with Gasteiger partial charge in [-0.05, 0) is 46.1 Å². The van der Waals surface area contributed by atoms with E-state index in [9.17, 15) is 0 Å². The first kappa shape index (κ1) is 14.1. The third-order valence-corrected chi connectivity index (χ3v) is 4.34. The minimum absolute atomic E-state index is 0.600. The van der Waals surface area contributed by atoms with Gasteiger partial charge in [0.05, 0.1) is 0 Å². The van der Waals surface area contributed by atoms with E-state index in [-0.39, 0.29) is 0 Å². The number of hydrogen-bond acceptors (Lipinski definition) is 0. The summed E-state index contributed by atoms with van der Waals surface area (Å²) in [5.41, 5.74) is 2.93. The second-order valence-electron chi connectivity index (χ2n) is 6.48. The van der Waals surface area contributed by atoms with E-state index in [1.165, 1.54) is 28.3 Å². The van der Waals surface area contributed by atoms with Crippen LogP contribution in [0.5, 0.6) is 0 Å². The fourth-order valence-corrected chi connectivity index (χ4v) is 2.49. The average Bonchev–Trinajstić information content (AvgIpc) is 2.38. The van der Waals surface area contributed by atoms with Gasteiger partial charge in [0.25, 0.3) is 0 Å². The fourth-order valence-electron chi connectivity index (χ4n) is 2.49. The van der Waals surface area contributed by atoms with Crippen LogP contribution in [0.1, 0.15) is 51.7 Å². The highest BCUT2D eigenvalue weighted by Crippen LogP contribution is 2.27. The molecule has 0 N–H and O–H groups in total.